The van der Waals surface area contributed by atoms with Crippen molar-refractivity contribution in [1.82, 2.24) is 15.1 Å². The second-order valence-electron chi connectivity index (χ2n) is 6.70. The van der Waals surface area contributed by atoms with Crippen LogP contribution in [0.4, 0.5) is 4.39 Å². The molecular weight excluding hydrogens is 361 g/mol. The average molecular weight is 381 g/mol. The molecule has 3 aromatic rings. The van der Waals surface area contributed by atoms with Gasteiger partial charge in [0.15, 0.2) is 0 Å². The lowest BCUT2D eigenvalue weighted by molar-refractivity contribution is -0.129. The Hall–Kier alpha value is -2.47. The van der Waals surface area contributed by atoms with Crippen LogP contribution in [-0.2, 0) is 4.79 Å². The highest BCUT2D eigenvalue weighted by Gasteiger charge is 2.25. The first-order chi connectivity index (χ1) is 13.1. The Labute approximate surface area is 161 Å². The Morgan fingerprint density at radius 3 is 2.41 bits per heavy atom. The first kappa shape index (κ1) is 17.9. The van der Waals surface area contributed by atoms with Gasteiger partial charge in [0.05, 0.1) is 5.25 Å². The average Bonchev–Trinajstić information content (AvgIpc) is 3.23. The second kappa shape index (κ2) is 7.64. The molecule has 0 bridgehead atoms. The number of carbonyl (C=O) groups excluding carboxylic acids is 1. The van der Waals surface area contributed by atoms with Gasteiger partial charge in [-0.3, -0.25) is 4.79 Å². The SMILES string of the molecule is C[C@H](Sc1nnc(-c2ccc(F)cc2)c2ccccc12)C(=O)N1CCCC1. The quantitative estimate of drug-likeness (QED) is 0.623. The van der Waals surface area contributed by atoms with Crippen LogP contribution in [0.2, 0.25) is 0 Å². The van der Waals surface area contributed by atoms with Gasteiger partial charge in [0, 0.05) is 29.4 Å². The first-order valence-corrected chi connectivity index (χ1v) is 9.98. The molecule has 27 heavy (non-hydrogen) atoms. The smallest absolute Gasteiger partial charge is 0.235 e. The maximum Gasteiger partial charge on any atom is 0.235 e. The van der Waals surface area contributed by atoms with Gasteiger partial charge in [-0.25, -0.2) is 4.39 Å². The topological polar surface area (TPSA) is 46.1 Å². The van der Waals surface area contributed by atoms with E-state index in [1.165, 1.54) is 23.9 Å². The van der Waals surface area contributed by atoms with Crippen LogP contribution in [0.25, 0.3) is 22.0 Å². The number of benzene rings is 2. The van der Waals surface area contributed by atoms with E-state index in [-0.39, 0.29) is 17.0 Å². The molecule has 0 spiro atoms. The molecule has 4 rings (SSSR count). The van der Waals surface area contributed by atoms with E-state index in [4.69, 9.17) is 0 Å². The first-order valence-electron chi connectivity index (χ1n) is 9.10. The number of likely N-dealkylation sites (tertiary alicyclic amines) is 1. The molecule has 6 heteroatoms. The zero-order valence-corrected chi connectivity index (χ0v) is 15.9. The molecule has 0 aliphatic carbocycles. The molecule has 0 unspecified atom stereocenters. The predicted molar refractivity (Wildman–Crippen MR) is 106 cm³/mol. The summed E-state index contributed by atoms with van der Waals surface area (Å²) >= 11 is 1.45. The second-order valence-corrected chi connectivity index (χ2v) is 8.03. The lowest BCUT2D eigenvalue weighted by Crippen LogP contribution is -2.34. The van der Waals surface area contributed by atoms with E-state index in [0.29, 0.717) is 5.69 Å². The predicted octanol–water partition coefficient (Wildman–Crippen LogP) is 4.54. The number of fused-ring (bicyclic) bond motifs is 1. The van der Waals surface area contributed by atoms with E-state index in [2.05, 4.69) is 10.2 Å². The third kappa shape index (κ3) is 3.67. The third-order valence-electron chi connectivity index (χ3n) is 4.82. The van der Waals surface area contributed by atoms with E-state index >= 15 is 0 Å². The fraction of sp³-hybridized carbons (Fsp3) is 0.286. The van der Waals surface area contributed by atoms with E-state index in [1.54, 1.807) is 12.1 Å². The summed E-state index contributed by atoms with van der Waals surface area (Å²) in [5, 5.41) is 11.2. The van der Waals surface area contributed by atoms with E-state index in [0.717, 1.165) is 47.3 Å². The van der Waals surface area contributed by atoms with Crippen LogP contribution in [0.1, 0.15) is 19.8 Å². The van der Waals surface area contributed by atoms with Gasteiger partial charge in [0.1, 0.15) is 16.5 Å². The van der Waals surface area contributed by atoms with Crippen LogP contribution in [0.15, 0.2) is 53.6 Å². The van der Waals surface area contributed by atoms with Crippen molar-refractivity contribution in [3.05, 3.63) is 54.3 Å². The highest BCUT2D eigenvalue weighted by atomic mass is 32.2. The van der Waals surface area contributed by atoms with Gasteiger partial charge >= 0.3 is 0 Å². The summed E-state index contributed by atoms with van der Waals surface area (Å²) in [5.41, 5.74) is 1.53. The Kier molecular flexibility index (Phi) is 5.07. The molecule has 2 aromatic carbocycles. The van der Waals surface area contributed by atoms with Gasteiger partial charge in [-0.1, -0.05) is 36.0 Å². The minimum Gasteiger partial charge on any atom is -0.342 e. The summed E-state index contributed by atoms with van der Waals surface area (Å²) in [7, 11) is 0. The molecule has 0 N–H and O–H groups in total. The molecule has 0 saturated carbocycles. The van der Waals surface area contributed by atoms with Crippen molar-refractivity contribution < 1.29 is 9.18 Å². The number of thioether (sulfide) groups is 1. The Balaban J connectivity index is 1.67. The van der Waals surface area contributed by atoms with E-state index in [9.17, 15) is 9.18 Å². The van der Waals surface area contributed by atoms with Crippen molar-refractivity contribution in [2.75, 3.05) is 13.1 Å². The molecule has 2 heterocycles. The van der Waals surface area contributed by atoms with E-state index < -0.39 is 0 Å². The summed E-state index contributed by atoms with van der Waals surface area (Å²) in [6.45, 7) is 3.62. The number of rotatable bonds is 4. The van der Waals surface area contributed by atoms with Gasteiger partial charge in [0.25, 0.3) is 0 Å². The number of nitrogens with zero attached hydrogens (tertiary/aromatic N) is 3. The maximum atomic E-state index is 13.3. The Morgan fingerprint density at radius 1 is 1.04 bits per heavy atom. The summed E-state index contributed by atoms with van der Waals surface area (Å²) in [6, 6.07) is 14.1. The van der Waals surface area contributed by atoms with Crippen molar-refractivity contribution in [3.8, 4) is 11.3 Å². The normalized spacial score (nSPS) is 15.3. The number of halogens is 1. The van der Waals surface area contributed by atoms with E-state index in [1.807, 2.05) is 36.1 Å². The van der Waals surface area contributed by atoms with Gasteiger partial charge in [-0.2, -0.15) is 0 Å². The Morgan fingerprint density at radius 2 is 1.70 bits per heavy atom. The lowest BCUT2D eigenvalue weighted by atomic mass is 10.1. The van der Waals surface area contributed by atoms with Crippen LogP contribution in [-0.4, -0.2) is 39.3 Å². The van der Waals surface area contributed by atoms with Crippen LogP contribution in [0, 0.1) is 5.82 Å². The number of amides is 1. The van der Waals surface area contributed by atoms with Gasteiger partial charge < -0.3 is 4.90 Å². The van der Waals surface area contributed by atoms with Crippen molar-refractivity contribution in [3.63, 3.8) is 0 Å². The largest absolute Gasteiger partial charge is 0.342 e. The van der Waals surface area contributed by atoms with Crippen molar-refractivity contribution in [2.45, 2.75) is 30.0 Å². The zero-order valence-electron chi connectivity index (χ0n) is 15.1. The molecule has 1 atom stereocenters. The molecule has 1 amide bonds. The number of hydrogen-bond acceptors (Lipinski definition) is 4. The summed E-state index contributed by atoms with van der Waals surface area (Å²) < 4.78 is 13.3. The van der Waals surface area contributed by atoms with Crippen LogP contribution in [0.5, 0.6) is 0 Å². The van der Waals surface area contributed by atoms with Gasteiger partial charge in [-0.15, -0.1) is 10.2 Å². The minimum absolute atomic E-state index is 0.158. The third-order valence-corrected chi connectivity index (χ3v) is 5.90. The summed E-state index contributed by atoms with van der Waals surface area (Å²) in [6.07, 6.45) is 2.16. The lowest BCUT2D eigenvalue weighted by Gasteiger charge is -2.20. The summed E-state index contributed by atoms with van der Waals surface area (Å²) in [5.74, 6) is -0.122. The molecule has 1 fully saturated rings. The molecule has 1 aliphatic rings. The highest BCUT2D eigenvalue weighted by Crippen LogP contribution is 2.34. The van der Waals surface area contributed by atoms with Crippen molar-refractivity contribution >= 4 is 28.4 Å². The fourth-order valence-corrected chi connectivity index (χ4v) is 4.38. The van der Waals surface area contributed by atoms with Crippen LogP contribution < -0.4 is 0 Å². The van der Waals surface area contributed by atoms with Crippen molar-refractivity contribution in [2.24, 2.45) is 0 Å². The van der Waals surface area contributed by atoms with Gasteiger partial charge in [-0.05, 0) is 44.0 Å². The molecule has 1 aliphatic heterocycles. The maximum absolute atomic E-state index is 13.3. The minimum atomic E-state index is -0.280. The molecule has 138 valence electrons. The standard InChI is InChI=1S/C21H20FN3OS/c1-14(21(26)25-12-4-5-13-25)27-20-18-7-3-2-6-17(18)19(23-24-20)15-8-10-16(22)11-9-15/h2-3,6-11,14H,4-5,12-13H2,1H3/t14-/m0/s1. The number of carbonyl (C=O) groups is 1. The van der Waals surface area contributed by atoms with Crippen molar-refractivity contribution in [1.29, 1.82) is 0 Å². The Bertz CT molecular complexity index is 971. The molecule has 0 radical (unpaired) electrons. The van der Waals surface area contributed by atoms with Gasteiger partial charge in [0.2, 0.25) is 5.91 Å². The van der Waals surface area contributed by atoms with Crippen LogP contribution in [0.3, 0.4) is 0 Å². The zero-order chi connectivity index (χ0) is 18.8. The highest BCUT2D eigenvalue weighted by molar-refractivity contribution is 8.00. The fourth-order valence-electron chi connectivity index (χ4n) is 3.40. The number of hydrogen-bond donors (Lipinski definition) is 0. The monoisotopic (exact) mass is 381 g/mol. The number of aromatic nitrogens is 2. The summed E-state index contributed by atoms with van der Waals surface area (Å²) in [4.78, 5) is 14.6. The molecule has 4 nitrogen and oxygen atoms in total. The molecule has 1 aromatic heterocycles. The molecular formula is C21H20FN3OS. The van der Waals surface area contributed by atoms with Crippen LogP contribution >= 0.6 is 11.8 Å². The molecule has 1 saturated heterocycles.